The summed E-state index contributed by atoms with van der Waals surface area (Å²) in [5.41, 5.74) is 4.04. The second-order valence-electron chi connectivity index (χ2n) is 6.13. The van der Waals surface area contributed by atoms with Crippen LogP contribution in [0, 0.1) is 0 Å². The lowest BCUT2D eigenvalue weighted by atomic mass is 10.0. The van der Waals surface area contributed by atoms with Gasteiger partial charge in [-0.3, -0.25) is 9.89 Å². The fourth-order valence-electron chi connectivity index (χ4n) is 2.50. The lowest BCUT2D eigenvalue weighted by Crippen LogP contribution is -2.12. The molecule has 128 valence electrons. The van der Waals surface area contributed by atoms with E-state index < -0.39 is 0 Å². The van der Waals surface area contributed by atoms with E-state index in [0.29, 0.717) is 17.3 Å². The Kier molecular flexibility index (Phi) is 4.84. The van der Waals surface area contributed by atoms with E-state index in [1.807, 2.05) is 48.5 Å². The van der Waals surface area contributed by atoms with Gasteiger partial charge < -0.3 is 10.1 Å². The fraction of sp³-hybridized carbons (Fsp3) is 0.200. The van der Waals surface area contributed by atoms with Crippen LogP contribution in [0.2, 0.25) is 0 Å². The third kappa shape index (κ3) is 3.88. The number of anilines is 1. The van der Waals surface area contributed by atoms with E-state index in [0.717, 1.165) is 17.0 Å². The minimum absolute atomic E-state index is 0.218. The number of H-pyrrole nitrogens is 1. The molecule has 0 aliphatic carbocycles. The monoisotopic (exact) mass is 335 g/mol. The molecule has 0 saturated carbocycles. The molecule has 5 nitrogen and oxygen atoms in total. The summed E-state index contributed by atoms with van der Waals surface area (Å²) in [5.74, 6) is 1.02. The number of ether oxygens (including phenoxy) is 1. The molecular formula is C20H21N3O2. The Morgan fingerprint density at radius 2 is 1.76 bits per heavy atom. The van der Waals surface area contributed by atoms with E-state index in [9.17, 15) is 4.79 Å². The molecule has 25 heavy (non-hydrogen) atoms. The van der Waals surface area contributed by atoms with Gasteiger partial charge in [-0.15, -0.1) is 0 Å². The van der Waals surface area contributed by atoms with Crippen molar-refractivity contribution in [3.05, 3.63) is 65.9 Å². The first-order chi connectivity index (χ1) is 12.1. The highest BCUT2D eigenvalue weighted by Crippen LogP contribution is 2.22. The molecule has 0 fully saturated rings. The number of aromatic nitrogens is 2. The number of amides is 1. The second-order valence-corrected chi connectivity index (χ2v) is 6.13. The lowest BCUT2D eigenvalue weighted by molar-refractivity contribution is 0.102. The van der Waals surface area contributed by atoms with Crippen molar-refractivity contribution in [3.8, 4) is 17.0 Å². The van der Waals surface area contributed by atoms with Crippen molar-refractivity contribution in [2.75, 3.05) is 12.4 Å². The molecule has 1 heterocycles. The van der Waals surface area contributed by atoms with E-state index >= 15 is 0 Å². The summed E-state index contributed by atoms with van der Waals surface area (Å²) in [5, 5.41) is 9.88. The Morgan fingerprint density at radius 3 is 2.36 bits per heavy atom. The van der Waals surface area contributed by atoms with Crippen LogP contribution in [0.4, 0.5) is 5.69 Å². The summed E-state index contributed by atoms with van der Waals surface area (Å²) in [6.07, 6.45) is 0. The van der Waals surface area contributed by atoms with Crippen LogP contribution in [0.25, 0.3) is 11.3 Å². The SMILES string of the molecule is COc1ccc(-c2cc(C(=O)Nc3ccc(C(C)C)cc3)[nH]n2)cc1. The van der Waals surface area contributed by atoms with Crippen molar-refractivity contribution in [2.45, 2.75) is 19.8 Å². The van der Waals surface area contributed by atoms with E-state index in [4.69, 9.17) is 4.74 Å². The molecule has 0 radical (unpaired) electrons. The molecule has 0 spiro atoms. The quantitative estimate of drug-likeness (QED) is 0.723. The standard InChI is InChI=1S/C20H21N3O2/c1-13(2)14-4-8-16(9-5-14)21-20(24)19-12-18(22-23-19)15-6-10-17(25-3)11-7-15/h4-13H,1-3H3,(H,21,24)(H,22,23). The van der Waals surface area contributed by atoms with Gasteiger partial charge in [0.1, 0.15) is 11.4 Å². The molecular weight excluding hydrogens is 314 g/mol. The number of nitrogens with one attached hydrogen (secondary N) is 2. The van der Waals surface area contributed by atoms with E-state index in [1.54, 1.807) is 13.2 Å². The number of hydrogen-bond acceptors (Lipinski definition) is 3. The van der Waals surface area contributed by atoms with Gasteiger partial charge in [-0.1, -0.05) is 26.0 Å². The molecule has 0 unspecified atom stereocenters. The summed E-state index contributed by atoms with van der Waals surface area (Å²) in [6, 6.07) is 17.1. The maximum atomic E-state index is 12.4. The third-order valence-electron chi connectivity index (χ3n) is 4.04. The second kappa shape index (κ2) is 7.21. The van der Waals surface area contributed by atoms with Crippen LogP contribution in [0.3, 0.4) is 0 Å². The Morgan fingerprint density at radius 1 is 1.08 bits per heavy atom. The largest absolute Gasteiger partial charge is 0.497 e. The maximum absolute atomic E-state index is 12.4. The number of carbonyl (C=O) groups is 1. The fourth-order valence-corrected chi connectivity index (χ4v) is 2.50. The van der Waals surface area contributed by atoms with Crippen LogP contribution in [-0.4, -0.2) is 23.2 Å². The average Bonchev–Trinajstić information content (AvgIpc) is 3.12. The van der Waals surface area contributed by atoms with Crippen molar-refractivity contribution < 1.29 is 9.53 Å². The van der Waals surface area contributed by atoms with Crippen LogP contribution in [0.1, 0.15) is 35.8 Å². The number of methoxy groups -OCH3 is 1. The van der Waals surface area contributed by atoms with Crippen molar-refractivity contribution in [3.63, 3.8) is 0 Å². The minimum atomic E-state index is -0.218. The highest BCUT2D eigenvalue weighted by Gasteiger charge is 2.11. The Bertz CT molecular complexity index is 849. The Hall–Kier alpha value is -3.08. The molecule has 2 aromatic carbocycles. The number of nitrogens with zero attached hydrogens (tertiary/aromatic N) is 1. The topological polar surface area (TPSA) is 67.0 Å². The van der Waals surface area contributed by atoms with E-state index in [1.165, 1.54) is 5.56 Å². The van der Waals surface area contributed by atoms with Crippen LogP contribution in [0.15, 0.2) is 54.6 Å². The van der Waals surface area contributed by atoms with Gasteiger partial charge in [-0.05, 0) is 53.9 Å². The average molecular weight is 335 g/mol. The van der Waals surface area contributed by atoms with Gasteiger partial charge in [0.25, 0.3) is 5.91 Å². The summed E-state index contributed by atoms with van der Waals surface area (Å²) >= 11 is 0. The predicted molar refractivity (Wildman–Crippen MR) is 99.1 cm³/mol. The number of rotatable bonds is 5. The normalized spacial score (nSPS) is 10.7. The Labute approximate surface area is 147 Å². The predicted octanol–water partition coefficient (Wildman–Crippen LogP) is 4.46. The summed E-state index contributed by atoms with van der Waals surface area (Å²) in [6.45, 7) is 4.28. The summed E-state index contributed by atoms with van der Waals surface area (Å²) in [4.78, 5) is 12.4. The number of benzene rings is 2. The molecule has 1 amide bonds. The van der Waals surface area contributed by atoms with Gasteiger partial charge in [-0.2, -0.15) is 5.10 Å². The van der Waals surface area contributed by atoms with Gasteiger partial charge in [0.05, 0.1) is 12.8 Å². The highest BCUT2D eigenvalue weighted by molar-refractivity contribution is 6.03. The third-order valence-corrected chi connectivity index (χ3v) is 4.04. The first-order valence-corrected chi connectivity index (χ1v) is 8.18. The highest BCUT2D eigenvalue weighted by atomic mass is 16.5. The lowest BCUT2D eigenvalue weighted by Gasteiger charge is -2.07. The zero-order valence-corrected chi connectivity index (χ0v) is 14.5. The number of hydrogen-bond donors (Lipinski definition) is 2. The molecule has 0 aliphatic heterocycles. The number of aromatic amines is 1. The Balaban J connectivity index is 1.71. The van der Waals surface area contributed by atoms with Crippen molar-refractivity contribution >= 4 is 11.6 Å². The minimum Gasteiger partial charge on any atom is -0.497 e. The van der Waals surface area contributed by atoms with Crippen molar-refractivity contribution in [1.29, 1.82) is 0 Å². The molecule has 0 aliphatic rings. The zero-order valence-electron chi connectivity index (χ0n) is 14.5. The van der Waals surface area contributed by atoms with E-state index in [2.05, 4.69) is 29.4 Å². The first kappa shape index (κ1) is 16.8. The molecule has 0 saturated heterocycles. The van der Waals surface area contributed by atoms with Crippen LogP contribution in [-0.2, 0) is 0 Å². The summed E-state index contributed by atoms with van der Waals surface area (Å²) in [7, 11) is 1.62. The molecule has 1 aromatic heterocycles. The number of carbonyl (C=O) groups excluding carboxylic acids is 1. The molecule has 0 bridgehead atoms. The maximum Gasteiger partial charge on any atom is 0.273 e. The molecule has 0 atom stereocenters. The van der Waals surface area contributed by atoms with Gasteiger partial charge in [-0.25, -0.2) is 0 Å². The van der Waals surface area contributed by atoms with Gasteiger partial charge >= 0.3 is 0 Å². The summed E-state index contributed by atoms with van der Waals surface area (Å²) < 4.78 is 5.15. The van der Waals surface area contributed by atoms with Gasteiger partial charge in [0.15, 0.2) is 0 Å². The molecule has 3 aromatic rings. The zero-order chi connectivity index (χ0) is 17.8. The molecule has 3 rings (SSSR count). The van der Waals surface area contributed by atoms with Crippen molar-refractivity contribution in [1.82, 2.24) is 10.2 Å². The van der Waals surface area contributed by atoms with Crippen LogP contribution in [0.5, 0.6) is 5.75 Å². The van der Waals surface area contributed by atoms with Crippen molar-refractivity contribution in [2.24, 2.45) is 0 Å². The van der Waals surface area contributed by atoms with Gasteiger partial charge in [0.2, 0.25) is 0 Å². The van der Waals surface area contributed by atoms with Gasteiger partial charge in [0, 0.05) is 11.3 Å². The van der Waals surface area contributed by atoms with E-state index in [-0.39, 0.29) is 5.91 Å². The smallest absolute Gasteiger partial charge is 0.273 e. The van der Waals surface area contributed by atoms with Crippen LogP contribution >= 0.6 is 0 Å². The van der Waals surface area contributed by atoms with Crippen LogP contribution < -0.4 is 10.1 Å². The molecule has 5 heteroatoms. The molecule has 2 N–H and O–H groups in total. The first-order valence-electron chi connectivity index (χ1n) is 8.18.